The zero-order valence-corrected chi connectivity index (χ0v) is 14.2. The number of benzene rings is 1. The quantitative estimate of drug-likeness (QED) is 0.834. The molecule has 1 heterocycles. The second-order valence-corrected chi connectivity index (χ2v) is 5.49. The van der Waals surface area contributed by atoms with Crippen LogP contribution in [0.2, 0.25) is 5.02 Å². The molecule has 1 aromatic carbocycles. The lowest BCUT2D eigenvalue weighted by Gasteiger charge is -2.36. The summed E-state index contributed by atoms with van der Waals surface area (Å²) < 4.78 is 10.9. The van der Waals surface area contributed by atoms with Crippen molar-refractivity contribution in [3.63, 3.8) is 0 Å². The molecule has 0 unspecified atom stereocenters. The van der Waals surface area contributed by atoms with Crippen molar-refractivity contribution in [2.45, 2.75) is 20.3 Å². The van der Waals surface area contributed by atoms with Crippen molar-refractivity contribution in [3.8, 4) is 11.5 Å². The molecule has 0 spiro atoms. The average molecular weight is 327 g/mol. The molecule has 1 saturated heterocycles. The highest BCUT2D eigenvalue weighted by molar-refractivity contribution is 6.33. The summed E-state index contributed by atoms with van der Waals surface area (Å²) in [5, 5.41) is 0.493. The van der Waals surface area contributed by atoms with E-state index in [-0.39, 0.29) is 5.91 Å². The van der Waals surface area contributed by atoms with E-state index in [0.29, 0.717) is 29.5 Å². The van der Waals surface area contributed by atoms with Crippen molar-refractivity contribution in [2.24, 2.45) is 0 Å². The Labute approximate surface area is 136 Å². The van der Waals surface area contributed by atoms with Gasteiger partial charge in [-0.05, 0) is 6.92 Å². The fourth-order valence-corrected chi connectivity index (χ4v) is 2.83. The van der Waals surface area contributed by atoms with E-state index < -0.39 is 0 Å². The van der Waals surface area contributed by atoms with Gasteiger partial charge < -0.3 is 19.3 Å². The molecule has 1 amide bonds. The van der Waals surface area contributed by atoms with Crippen LogP contribution in [0.25, 0.3) is 0 Å². The molecule has 1 aliphatic heterocycles. The van der Waals surface area contributed by atoms with Gasteiger partial charge >= 0.3 is 0 Å². The van der Waals surface area contributed by atoms with Crippen LogP contribution in [0.1, 0.15) is 20.3 Å². The summed E-state index contributed by atoms with van der Waals surface area (Å²) in [6.07, 6.45) is 0.559. The van der Waals surface area contributed by atoms with Gasteiger partial charge in [0.25, 0.3) is 0 Å². The lowest BCUT2D eigenvalue weighted by Crippen LogP contribution is -2.48. The molecule has 0 N–H and O–H groups in total. The van der Waals surface area contributed by atoms with Gasteiger partial charge in [0, 0.05) is 50.4 Å². The van der Waals surface area contributed by atoms with Gasteiger partial charge in [-0.2, -0.15) is 0 Å². The molecular weight excluding hydrogens is 304 g/mol. The summed E-state index contributed by atoms with van der Waals surface area (Å²) in [6.45, 7) is 7.43. The number of rotatable bonds is 5. The Balaban J connectivity index is 2.16. The topological polar surface area (TPSA) is 42.0 Å². The Kier molecular flexibility index (Phi) is 5.77. The molecule has 1 fully saturated rings. The summed E-state index contributed by atoms with van der Waals surface area (Å²) in [5.41, 5.74) is 1.01. The van der Waals surface area contributed by atoms with Crippen molar-refractivity contribution >= 4 is 23.2 Å². The monoisotopic (exact) mass is 326 g/mol. The number of carbonyl (C=O) groups excluding carboxylic acids is 1. The van der Waals surface area contributed by atoms with E-state index in [4.69, 9.17) is 21.1 Å². The van der Waals surface area contributed by atoms with Crippen molar-refractivity contribution in [2.75, 3.05) is 44.8 Å². The number of anilines is 1. The Morgan fingerprint density at radius 1 is 1.18 bits per heavy atom. The minimum atomic E-state index is 0.211. The van der Waals surface area contributed by atoms with Crippen molar-refractivity contribution in [3.05, 3.63) is 17.2 Å². The van der Waals surface area contributed by atoms with Crippen LogP contribution in [-0.4, -0.2) is 50.7 Å². The van der Waals surface area contributed by atoms with Gasteiger partial charge in [-0.15, -0.1) is 0 Å². The van der Waals surface area contributed by atoms with Crippen LogP contribution in [0, 0.1) is 0 Å². The lowest BCUT2D eigenvalue weighted by molar-refractivity contribution is -0.131. The van der Waals surface area contributed by atoms with Gasteiger partial charge in [0.2, 0.25) is 5.91 Å². The Hall–Kier alpha value is -1.62. The normalized spacial score (nSPS) is 14.9. The molecule has 122 valence electrons. The summed E-state index contributed by atoms with van der Waals surface area (Å²) in [4.78, 5) is 15.9. The Morgan fingerprint density at radius 3 is 2.36 bits per heavy atom. The number of ether oxygens (including phenoxy) is 2. The molecule has 5 nitrogen and oxygen atoms in total. The third-order valence-corrected chi connectivity index (χ3v) is 4.18. The number of nitrogens with zero attached hydrogens (tertiary/aromatic N) is 2. The van der Waals surface area contributed by atoms with Crippen LogP contribution in [0.3, 0.4) is 0 Å². The summed E-state index contributed by atoms with van der Waals surface area (Å²) >= 11 is 6.26. The summed E-state index contributed by atoms with van der Waals surface area (Å²) in [6, 6.07) is 3.85. The van der Waals surface area contributed by atoms with E-state index in [1.807, 2.05) is 30.9 Å². The maximum atomic E-state index is 11.7. The van der Waals surface area contributed by atoms with Crippen molar-refractivity contribution in [1.29, 1.82) is 0 Å². The lowest BCUT2D eigenvalue weighted by atomic mass is 10.2. The first-order chi connectivity index (χ1) is 10.6. The number of piperazine rings is 1. The van der Waals surface area contributed by atoms with Gasteiger partial charge in [-0.1, -0.05) is 18.5 Å². The molecule has 6 heteroatoms. The van der Waals surface area contributed by atoms with Crippen LogP contribution in [0.15, 0.2) is 12.1 Å². The fraction of sp³-hybridized carbons (Fsp3) is 0.562. The summed E-state index contributed by atoms with van der Waals surface area (Å²) in [5.74, 6) is 1.45. The van der Waals surface area contributed by atoms with Gasteiger partial charge in [0.1, 0.15) is 16.5 Å². The first-order valence-corrected chi connectivity index (χ1v) is 8.01. The van der Waals surface area contributed by atoms with Gasteiger partial charge in [0.15, 0.2) is 0 Å². The van der Waals surface area contributed by atoms with E-state index in [1.165, 1.54) is 0 Å². The fourth-order valence-electron chi connectivity index (χ4n) is 2.59. The van der Waals surface area contributed by atoms with E-state index in [9.17, 15) is 4.79 Å². The van der Waals surface area contributed by atoms with Gasteiger partial charge in [-0.25, -0.2) is 0 Å². The number of hydrogen-bond donors (Lipinski definition) is 0. The largest absolute Gasteiger partial charge is 0.495 e. The molecule has 1 aromatic rings. The zero-order chi connectivity index (χ0) is 16.1. The Morgan fingerprint density at radius 2 is 1.82 bits per heavy atom. The number of carbonyl (C=O) groups is 1. The molecule has 1 aliphatic rings. The van der Waals surface area contributed by atoms with E-state index in [0.717, 1.165) is 31.9 Å². The van der Waals surface area contributed by atoms with Crippen LogP contribution in [0.4, 0.5) is 5.69 Å². The van der Waals surface area contributed by atoms with E-state index in [2.05, 4.69) is 4.90 Å². The molecule has 0 bridgehead atoms. The average Bonchev–Trinajstić information content (AvgIpc) is 2.56. The SMILES string of the molecule is CCOc1cc(N2CCN(C(=O)CC)CC2)cc(OC)c1Cl. The smallest absolute Gasteiger partial charge is 0.222 e. The highest BCUT2D eigenvalue weighted by Crippen LogP contribution is 2.38. The van der Waals surface area contributed by atoms with E-state index >= 15 is 0 Å². The first kappa shape index (κ1) is 16.7. The molecular formula is C16H23ClN2O3. The van der Waals surface area contributed by atoms with Crippen molar-refractivity contribution in [1.82, 2.24) is 4.90 Å². The highest BCUT2D eigenvalue weighted by Gasteiger charge is 2.22. The first-order valence-electron chi connectivity index (χ1n) is 7.63. The third kappa shape index (κ3) is 3.58. The van der Waals surface area contributed by atoms with Crippen LogP contribution >= 0.6 is 11.6 Å². The van der Waals surface area contributed by atoms with Gasteiger partial charge in [-0.3, -0.25) is 4.79 Å². The molecule has 22 heavy (non-hydrogen) atoms. The number of methoxy groups -OCH3 is 1. The standard InChI is InChI=1S/C16H23ClN2O3/c1-4-15(20)19-8-6-18(7-9-19)12-10-13(21-3)16(17)14(11-12)22-5-2/h10-11H,4-9H2,1-3H3. The third-order valence-electron chi connectivity index (χ3n) is 3.81. The highest BCUT2D eigenvalue weighted by atomic mass is 35.5. The summed E-state index contributed by atoms with van der Waals surface area (Å²) in [7, 11) is 1.60. The molecule has 2 rings (SSSR count). The van der Waals surface area contributed by atoms with Crippen LogP contribution < -0.4 is 14.4 Å². The molecule has 0 saturated carbocycles. The Bertz CT molecular complexity index is 528. The van der Waals surface area contributed by atoms with E-state index in [1.54, 1.807) is 7.11 Å². The van der Waals surface area contributed by atoms with Crippen LogP contribution in [-0.2, 0) is 4.79 Å². The minimum absolute atomic E-state index is 0.211. The predicted molar refractivity (Wildman–Crippen MR) is 88.3 cm³/mol. The van der Waals surface area contributed by atoms with Gasteiger partial charge in [0.05, 0.1) is 13.7 Å². The zero-order valence-electron chi connectivity index (χ0n) is 13.4. The molecule has 0 atom stereocenters. The number of halogens is 1. The van der Waals surface area contributed by atoms with Crippen molar-refractivity contribution < 1.29 is 14.3 Å². The predicted octanol–water partition coefficient (Wildman–Crippen LogP) is 2.81. The number of amides is 1. The molecule has 0 aliphatic carbocycles. The molecule has 0 radical (unpaired) electrons. The maximum absolute atomic E-state index is 11.7. The minimum Gasteiger partial charge on any atom is -0.495 e. The number of hydrogen-bond acceptors (Lipinski definition) is 4. The second-order valence-electron chi connectivity index (χ2n) is 5.11. The molecule has 0 aromatic heterocycles. The maximum Gasteiger partial charge on any atom is 0.222 e. The second kappa shape index (κ2) is 7.58. The van der Waals surface area contributed by atoms with Crippen LogP contribution in [0.5, 0.6) is 11.5 Å².